The van der Waals surface area contributed by atoms with E-state index in [9.17, 15) is 0 Å². The predicted molar refractivity (Wildman–Crippen MR) is 95.7 cm³/mol. The zero-order valence-electron chi connectivity index (χ0n) is 15.4. The molecule has 3 aromatic heterocycles. The lowest BCUT2D eigenvalue weighted by Gasteiger charge is -2.24. The van der Waals surface area contributed by atoms with Crippen LogP contribution in [0.4, 0.5) is 0 Å². The van der Waals surface area contributed by atoms with Crippen LogP contribution in [0.3, 0.4) is 0 Å². The average molecular weight is 341 g/mol. The van der Waals surface area contributed by atoms with Crippen LogP contribution in [0.5, 0.6) is 11.9 Å². The van der Waals surface area contributed by atoms with Crippen molar-refractivity contribution in [1.82, 2.24) is 24.9 Å². The molecular weight excluding hydrogens is 318 g/mol. The summed E-state index contributed by atoms with van der Waals surface area (Å²) in [6.45, 7) is 11.7. The van der Waals surface area contributed by atoms with Crippen molar-refractivity contribution in [3.8, 4) is 23.1 Å². The second kappa shape index (κ2) is 5.98. The minimum absolute atomic E-state index is 0.273. The van der Waals surface area contributed by atoms with E-state index >= 15 is 0 Å². The molecule has 0 atom stereocenters. The summed E-state index contributed by atoms with van der Waals surface area (Å²) in [5, 5.41) is 0.884. The highest BCUT2D eigenvalue weighted by Crippen LogP contribution is 2.34. The van der Waals surface area contributed by atoms with Crippen molar-refractivity contribution in [2.24, 2.45) is 0 Å². The number of H-pyrrole nitrogens is 1. The smallest absolute Gasteiger partial charge is 0.320 e. The van der Waals surface area contributed by atoms with Crippen molar-refractivity contribution in [3.05, 3.63) is 24.8 Å². The Morgan fingerprint density at radius 1 is 0.920 bits per heavy atom. The van der Waals surface area contributed by atoms with Gasteiger partial charge < -0.3 is 14.5 Å². The van der Waals surface area contributed by atoms with Crippen LogP contribution in [0.2, 0.25) is 0 Å². The van der Waals surface area contributed by atoms with Crippen LogP contribution < -0.4 is 9.47 Å². The van der Waals surface area contributed by atoms with Crippen molar-refractivity contribution in [1.29, 1.82) is 0 Å². The molecule has 0 saturated heterocycles. The monoisotopic (exact) mass is 341 g/mol. The normalized spacial score (nSPS) is 12.4. The number of fused-ring (bicyclic) bond motifs is 1. The first-order chi connectivity index (χ1) is 11.6. The lowest BCUT2D eigenvalue weighted by atomic mass is 10.1. The molecule has 0 aliphatic rings. The largest absolute Gasteiger partial charge is 0.471 e. The topological polar surface area (TPSA) is 85.8 Å². The molecule has 7 nitrogen and oxygen atoms in total. The van der Waals surface area contributed by atoms with Gasteiger partial charge in [0.05, 0.1) is 11.3 Å². The SMILES string of the molecule is CC(C)(C)Oc1ncc(-c2ncnc3[nH]ccc23)c(OC(C)(C)C)n1. The van der Waals surface area contributed by atoms with Crippen LogP contribution >= 0.6 is 0 Å². The molecule has 0 unspecified atom stereocenters. The van der Waals surface area contributed by atoms with Crippen LogP contribution in [0, 0.1) is 0 Å². The number of nitrogens with zero attached hydrogens (tertiary/aromatic N) is 4. The lowest BCUT2D eigenvalue weighted by molar-refractivity contribution is 0.103. The van der Waals surface area contributed by atoms with Gasteiger partial charge in [0.25, 0.3) is 0 Å². The molecule has 3 aromatic rings. The Bertz CT molecular complexity index is 890. The van der Waals surface area contributed by atoms with E-state index in [0.29, 0.717) is 17.1 Å². The Labute approximate surface area is 146 Å². The van der Waals surface area contributed by atoms with Gasteiger partial charge >= 0.3 is 6.01 Å². The van der Waals surface area contributed by atoms with E-state index in [1.54, 1.807) is 6.20 Å². The van der Waals surface area contributed by atoms with Crippen molar-refractivity contribution in [2.45, 2.75) is 52.7 Å². The molecule has 0 amide bonds. The molecule has 1 N–H and O–H groups in total. The molecule has 0 saturated carbocycles. The van der Waals surface area contributed by atoms with Gasteiger partial charge in [0.15, 0.2) is 0 Å². The Balaban J connectivity index is 2.13. The van der Waals surface area contributed by atoms with E-state index in [1.807, 2.05) is 53.8 Å². The second-order valence-electron chi connectivity index (χ2n) is 7.76. The van der Waals surface area contributed by atoms with Crippen LogP contribution in [-0.2, 0) is 0 Å². The van der Waals surface area contributed by atoms with Crippen LogP contribution in [-0.4, -0.2) is 36.1 Å². The van der Waals surface area contributed by atoms with E-state index in [0.717, 1.165) is 11.0 Å². The minimum atomic E-state index is -0.424. The third-order valence-corrected chi connectivity index (χ3v) is 3.14. The third-order valence-electron chi connectivity index (χ3n) is 3.14. The van der Waals surface area contributed by atoms with Gasteiger partial charge in [0.1, 0.15) is 23.2 Å². The highest BCUT2D eigenvalue weighted by molar-refractivity contribution is 5.91. The zero-order chi connectivity index (χ0) is 18.2. The maximum Gasteiger partial charge on any atom is 0.320 e. The minimum Gasteiger partial charge on any atom is -0.471 e. The molecule has 3 rings (SSSR count). The summed E-state index contributed by atoms with van der Waals surface area (Å²) < 4.78 is 11.8. The van der Waals surface area contributed by atoms with Crippen molar-refractivity contribution in [2.75, 3.05) is 0 Å². The molecule has 0 radical (unpaired) electrons. The van der Waals surface area contributed by atoms with Crippen molar-refractivity contribution in [3.63, 3.8) is 0 Å². The van der Waals surface area contributed by atoms with Gasteiger partial charge in [-0.25, -0.2) is 15.0 Å². The molecule has 25 heavy (non-hydrogen) atoms. The second-order valence-corrected chi connectivity index (χ2v) is 7.76. The summed E-state index contributed by atoms with van der Waals surface area (Å²) in [5.41, 5.74) is 1.34. The van der Waals surface area contributed by atoms with Crippen LogP contribution in [0.15, 0.2) is 24.8 Å². The highest BCUT2D eigenvalue weighted by Gasteiger charge is 2.22. The summed E-state index contributed by atoms with van der Waals surface area (Å²) in [6, 6.07) is 2.19. The molecule has 3 heterocycles. The lowest BCUT2D eigenvalue weighted by Crippen LogP contribution is -2.26. The maximum absolute atomic E-state index is 6.07. The Morgan fingerprint density at radius 3 is 2.32 bits per heavy atom. The number of nitrogens with one attached hydrogen (secondary N) is 1. The van der Waals surface area contributed by atoms with E-state index in [2.05, 4.69) is 24.9 Å². The number of ether oxygens (including phenoxy) is 2. The van der Waals surface area contributed by atoms with Gasteiger partial charge in [-0.1, -0.05) is 0 Å². The Kier molecular flexibility index (Phi) is 4.10. The van der Waals surface area contributed by atoms with Gasteiger partial charge in [-0.3, -0.25) is 0 Å². The summed E-state index contributed by atoms with van der Waals surface area (Å²) in [7, 11) is 0. The van der Waals surface area contributed by atoms with E-state index in [1.165, 1.54) is 6.33 Å². The van der Waals surface area contributed by atoms with Gasteiger partial charge in [0.2, 0.25) is 5.88 Å². The molecular formula is C18H23N5O2. The molecule has 132 valence electrons. The van der Waals surface area contributed by atoms with Crippen LogP contribution in [0.25, 0.3) is 22.3 Å². The highest BCUT2D eigenvalue weighted by atomic mass is 16.5. The molecule has 0 aromatic carbocycles. The zero-order valence-corrected chi connectivity index (χ0v) is 15.4. The van der Waals surface area contributed by atoms with Gasteiger partial charge in [-0.05, 0) is 47.6 Å². The van der Waals surface area contributed by atoms with Gasteiger partial charge in [-0.2, -0.15) is 4.98 Å². The van der Waals surface area contributed by atoms with Gasteiger partial charge in [-0.15, -0.1) is 0 Å². The molecule has 0 aliphatic carbocycles. The van der Waals surface area contributed by atoms with Gasteiger partial charge in [0, 0.05) is 17.8 Å². The van der Waals surface area contributed by atoms with E-state index in [4.69, 9.17) is 9.47 Å². The molecule has 0 aliphatic heterocycles. The maximum atomic E-state index is 6.07. The first kappa shape index (κ1) is 17.1. The third kappa shape index (κ3) is 4.04. The Morgan fingerprint density at radius 2 is 1.64 bits per heavy atom. The van der Waals surface area contributed by atoms with Crippen molar-refractivity contribution < 1.29 is 9.47 Å². The Hall–Kier alpha value is -2.70. The number of rotatable bonds is 3. The first-order valence-corrected chi connectivity index (χ1v) is 8.16. The standard InChI is InChI=1S/C18H23N5O2/c1-17(2,3)24-15-12(9-20-16(23-15)25-18(4,5)6)13-11-7-8-19-14(11)22-10-21-13/h7-10H,1-6H3,(H,19,21,22). The number of aromatic nitrogens is 5. The molecule has 7 heteroatoms. The number of hydrogen-bond donors (Lipinski definition) is 1. The summed E-state index contributed by atoms with van der Waals surface area (Å²) in [6.07, 6.45) is 5.02. The molecule has 0 spiro atoms. The van der Waals surface area contributed by atoms with Crippen LogP contribution in [0.1, 0.15) is 41.5 Å². The quantitative estimate of drug-likeness (QED) is 0.780. The first-order valence-electron chi connectivity index (χ1n) is 8.16. The van der Waals surface area contributed by atoms with E-state index < -0.39 is 11.2 Å². The predicted octanol–water partition coefficient (Wildman–Crippen LogP) is 3.77. The number of hydrogen-bond acceptors (Lipinski definition) is 6. The average Bonchev–Trinajstić information content (AvgIpc) is 2.92. The fourth-order valence-corrected chi connectivity index (χ4v) is 2.29. The summed E-state index contributed by atoms with van der Waals surface area (Å²) in [5.74, 6) is 0.433. The van der Waals surface area contributed by atoms with Crippen molar-refractivity contribution >= 4 is 11.0 Å². The fraction of sp³-hybridized carbons (Fsp3) is 0.444. The van der Waals surface area contributed by atoms with E-state index in [-0.39, 0.29) is 6.01 Å². The number of aromatic amines is 1. The molecule has 0 fully saturated rings. The summed E-state index contributed by atoms with van der Waals surface area (Å²) in [4.78, 5) is 20.5. The molecule has 0 bridgehead atoms. The summed E-state index contributed by atoms with van der Waals surface area (Å²) >= 11 is 0. The fourth-order valence-electron chi connectivity index (χ4n) is 2.29.